The Bertz CT molecular complexity index is 1060. The second kappa shape index (κ2) is 4.34. The molecule has 0 saturated carbocycles. The predicted molar refractivity (Wildman–Crippen MR) is 94.7 cm³/mol. The minimum Gasteiger partial charge on any atom is -0.0837 e. The number of benzene rings is 4. The van der Waals surface area contributed by atoms with Crippen LogP contribution in [0, 0.1) is 0 Å². The third-order valence-corrected chi connectivity index (χ3v) is 5.07. The Morgan fingerprint density at radius 1 is 0.591 bits per heavy atom. The van der Waals surface area contributed by atoms with Gasteiger partial charge in [0.25, 0.3) is 0 Å². The molecule has 4 aromatic carbocycles. The molecule has 104 valence electrons. The van der Waals surface area contributed by atoms with E-state index in [1.807, 2.05) is 6.07 Å². The lowest BCUT2D eigenvalue weighted by molar-refractivity contribution is 1.29. The van der Waals surface area contributed by atoms with Crippen molar-refractivity contribution in [3.8, 4) is 11.1 Å². The van der Waals surface area contributed by atoms with Crippen LogP contribution < -0.4 is 0 Å². The van der Waals surface area contributed by atoms with E-state index in [-0.39, 0.29) is 0 Å². The van der Waals surface area contributed by atoms with Gasteiger partial charge in [0.05, 0.1) is 0 Å². The second-order valence-electron chi connectivity index (χ2n) is 5.90. The lowest BCUT2D eigenvalue weighted by atomic mass is 9.92. The highest BCUT2D eigenvalue weighted by molar-refractivity contribution is 6.35. The van der Waals surface area contributed by atoms with E-state index in [2.05, 4.69) is 60.7 Å². The molecule has 0 aromatic heterocycles. The van der Waals surface area contributed by atoms with E-state index in [0.717, 1.165) is 11.4 Å². The molecule has 1 aliphatic carbocycles. The molecular weight excluding hydrogens is 288 g/mol. The van der Waals surface area contributed by atoms with Crippen LogP contribution in [0.4, 0.5) is 0 Å². The average Bonchev–Trinajstić information content (AvgIpc) is 2.96. The molecule has 0 amide bonds. The summed E-state index contributed by atoms with van der Waals surface area (Å²) < 4.78 is 0. The zero-order chi connectivity index (χ0) is 14.7. The Labute approximate surface area is 134 Å². The van der Waals surface area contributed by atoms with Crippen molar-refractivity contribution >= 4 is 33.1 Å². The van der Waals surface area contributed by atoms with Crippen LogP contribution >= 0.6 is 11.6 Å². The molecule has 0 N–H and O–H groups in total. The fraction of sp³-hybridized carbons (Fsp3) is 0.0476. The maximum atomic E-state index is 6.55. The van der Waals surface area contributed by atoms with Gasteiger partial charge in [-0.1, -0.05) is 72.3 Å². The Balaban J connectivity index is 2.08. The van der Waals surface area contributed by atoms with Gasteiger partial charge < -0.3 is 0 Å². The van der Waals surface area contributed by atoms with Crippen LogP contribution in [-0.2, 0) is 6.42 Å². The summed E-state index contributed by atoms with van der Waals surface area (Å²) in [5.41, 5.74) is 5.30. The SMILES string of the molecule is Clc1cccc2c1-c1c(c3ccccc3c3ccccc13)C2. The van der Waals surface area contributed by atoms with Crippen molar-refractivity contribution in [2.45, 2.75) is 6.42 Å². The van der Waals surface area contributed by atoms with Crippen LogP contribution in [0.1, 0.15) is 11.1 Å². The zero-order valence-electron chi connectivity index (χ0n) is 11.9. The van der Waals surface area contributed by atoms with E-state index >= 15 is 0 Å². The van der Waals surface area contributed by atoms with Gasteiger partial charge >= 0.3 is 0 Å². The molecular formula is C21H13Cl. The van der Waals surface area contributed by atoms with Crippen molar-refractivity contribution in [3.05, 3.63) is 82.9 Å². The molecule has 0 atom stereocenters. The topological polar surface area (TPSA) is 0 Å². The molecule has 0 nitrogen and oxygen atoms in total. The van der Waals surface area contributed by atoms with Crippen molar-refractivity contribution in [3.63, 3.8) is 0 Å². The fourth-order valence-corrected chi connectivity index (χ4v) is 4.16. The number of hydrogen-bond acceptors (Lipinski definition) is 0. The molecule has 4 aromatic rings. The highest BCUT2D eigenvalue weighted by atomic mass is 35.5. The first kappa shape index (κ1) is 12.3. The summed E-state index contributed by atoms with van der Waals surface area (Å²) in [5, 5.41) is 6.16. The largest absolute Gasteiger partial charge is 0.0837 e. The summed E-state index contributed by atoms with van der Waals surface area (Å²) in [6.07, 6.45) is 0.969. The molecule has 0 fully saturated rings. The lowest BCUT2D eigenvalue weighted by Crippen LogP contribution is -1.87. The molecule has 0 saturated heterocycles. The van der Waals surface area contributed by atoms with Gasteiger partial charge in [-0.25, -0.2) is 0 Å². The van der Waals surface area contributed by atoms with E-state index in [1.54, 1.807) is 0 Å². The van der Waals surface area contributed by atoms with Gasteiger partial charge in [-0.05, 0) is 50.7 Å². The third kappa shape index (κ3) is 1.48. The molecule has 0 bridgehead atoms. The van der Waals surface area contributed by atoms with Crippen LogP contribution in [-0.4, -0.2) is 0 Å². The molecule has 0 aliphatic heterocycles. The Morgan fingerprint density at radius 2 is 1.23 bits per heavy atom. The maximum Gasteiger partial charge on any atom is 0.0487 e. The quantitative estimate of drug-likeness (QED) is 0.298. The summed E-state index contributed by atoms with van der Waals surface area (Å²) in [7, 11) is 0. The minimum atomic E-state index is 0.858. The molecule has 0 unspecified atom stereocenters. The first-order valence-electron chi connectivity index (χ1n) is 7.54. The number of rotatable bonds is 0. The van der Waals surface area contributed by atoms with Gasteiger partial charge in [-0.3, -0.25) is 0 Å². The normalized spacial score (nSPS) is 12.6. The predicted octanol–water partition coefficient (Wildman–Crippen LogP) is 6.22. The highest BCUT2D eigenvalue weighted by Gasteiger charge is 2.25. The van der Waals surface area contributed by atoms with Crippen LogP contribution in [0.2, 0.25) is 5.02 Å². The van der Waals surface area contributed by atoms with Crippen LogP contribution in [0.25, 0.3) is 32.7 Å². The summed E-state index contributed by atoms with van der Waals surface area (Å²) in [4.78, 5) is 0. The summed E-state index contributed by atoms with van der Waals surface area (Å²) in [5.74, 6) is 0. The highest BCUT2D eigenvalue weighted by Crippen LogP contribution is 2.48. The average molecular weight is 301 g/mol. The van der Waals surface area contributed by atoms with Crippen molar-refractivity contribution in [1.82, 2.24) is 0 Å². The van der Waals surface area contributed by atoms with Gasteiger partial charge in [0, 0.05) is 10.6 Å². The van der Waals surface area contributed by atoms with E-state index in [9.17, 15) is 0 Å². The number of halogens is 1. The fourth-order valence-electron chi connectivity index (χ4n) is 3.87. The van der Waals surface area contributed by atoms with E-state index in [1.165, 1.54) is 43.8 Å². The van der Waals surface area contributed by atoms with E-state index in [4.69, 9.17) is 11.6 Å². The summed E-state index contributed by atoms with van der Waals surface area (Å²) in [6.45, 7) is 0. The monoisotopic (exact) mass is 300 g/mol. The van der Waals surface area contributed by atoms with Gasteiger partial charge in [0.15, 0.2) is 0 Å². The maximum absolute atomic E-state index is 6.55. The van der Waals surface area contributed by atoms with Crippen LogP contribution in [0.5, 0.6) is 0 Å². The lowest BCUT2D eigenvalue weighted by Gasteiger charge is -2.12. The molecule has 5 rings (SSSR count). The second-order valence-corrected chi connectivity index (χ2v) is 6.30. The van der Waals surface area contributed by atoms with Crippen molar-refractivity contribution in [2.75, 3.05) is 0 Å². The minimum absolute atomic E-state index is 0.858. The molecule has 1 aliphatic rings. The summed E-state index contributed by atoms with van der Waals surface area (Å²) >= 11 is 6.55. The Hall–Kier alpha value is -2.31. The zero-order valence-corrected chi connectivity index (χ0v) is 12.7. The van der Waals surface area contributed by atoms with E-state index in [0.29, 0.717) is 0 Å². The van der Waals surface area contributed by atoms with Crippen LogP contribution in [0.15, 0.2) is 66.7 Å². The van der Waals surface area contributed by atoms with Gasteiger partial charge in [-0.15, -0.1) is 0 Å². The smallest absolute Gasteiger partial charge is 0.0487 e. The van der Waals surface area contributed by atoms with Crippen LogP contribution in [0.3, 0.4) is 0 Å². The molecule has 22 heavy (non-hydrogen) atoms. The Kier molecular flexibility index (Phi) is 2.42. The first-order chi connectivity index (χ1) is 10.8. The van der Waals surface area contributed by atoms with E-state index < -0.39 is 0 Å². The van der Waals surface area contributed by atoms with Gasteiger partial charge in [0.1, 0.15) is 0 Å². The molecule has 1 heteroatoms. The van der Waals surface area contributed by atoms with Crippen molar-refractivity contribution in [2.24, 2.45) is 0 Å². The van der Waals surface area contributed by atoms with Gasteiger partial charge in [0.2, 0.25) is 0 Å². The number of hydrogen-bond donors (Lipinski definition) is 0. The molecule has 0 radical (unpaired) electrons. The molecule has 0 spiro atoms. The Morgan fingerprint density at radius 3 is 2.00 bits per heavy atom. The third-order valence-electron chi connectivity index (χ3n) is 4.76. The standard InChI is InChI=1S/C21H13Cl/c22-19-11-5-6-13-12-18-16-9-2-1-7-14(16)15-8-3-4-10-17(15)21(18)20(13)19/h1-11H,12H2. The van der Waals surface area contributed by atoms with Gasteiger partial charge in [-0.2, -0.15) is 0 Å². The van der Waals surface area contributed by atoms with Crippen molar-refractivity contribution < 1.29 is 0 Å². The first-order valence-corrected chi connectivity index (χ1v) is 7.92. The summed E-state index contributed by atoms with van der Waals surface area (Å²) in [6, 6.07) is 23.6. The number of fused-ring (bicyclic) bond motifs is 8. The van der Waals surface area contributed by atoms with Crippen molar-refractivity contribution in [1.29, 1.82) is 0 Å². The molecule has 0 heterocycles.